The van der Waals surface area contributed by atoms with E-state index in [1.54, 1.807) is 38.1 Å². The van der Waals surface area contributed by atoms with E-state index in [2.05, 4.69) is 21.3 Å². The lowest BCUT2D eigenvalue weighted by Gasteiger charge is -2.15. The fraction of sp³-hybridized carbons (Fsp3) is 0.0541. The molecule has 15 nitrogen and oxygen atoms in total. The highest BCUT2D eigenvalue weighted by atomic mass is 32.2. The average molecular weight is 771 g/mol. The molecule has 0 aliphatic carbocycles. The highest BCUT2D eigenvalue weighted by Gasteiger charge is 2.22. The van der Waals surface area contributed by atoms with Gasteiger partial charge in [0.1, 0.15) is 21.3 Å². The van der Waals surface area contributed by atoms with Crippen molar-refractivity contribution >= 4 is 82.4 Å². The Labute approximate surface area is 307 Å². The summed E-state index contributed by atoms with van der Waals surface area (Å²) in [6.45, 7) is 3.29. The van der Waals surface area contributed by atoms with E-state index >= 15 is 0 Å². The van der Waals surface area contributed by atoms with Crippen molar-refractivity contribution in [3.05, 3.63) is 119 Å². The minimum atomic E-state index is -4.79. The minimum Gasteiger partial charge on any atom is -0.508 e. The van der Waals surface area contributed by atoms with Crippen LogP contribution in [0.25, 0.3) is 21.5 Å². The summed E-state index contributed by atoms with van der Waals surface area (Å²) in [6.07, 6.45) is 0. The van der Waals surface area contributed by atoms with E-state index in [0.717, 1.165) is 12.1 Å². The Bertz CT molecular complexity index is 2600. The maximum atomic E-state index is 13.5. The molecule has 276 valence electrons. The van der Waals surface area contributed by atoms with E-state index in [1.165, 1.54) is 60.7 Å². The predicted octanol–water partition coefficient (Wildman–Crippen LogP) is 6.66. The Balaban J connectivity index is 1.20. The Kier molecular flexibility index (Phi) is 9.74. The van der Waals surface area contributed by atoms with Crippen LogP contribution in [0.2, 0.25) is 0 Å². The summed E-state index contributed by atoms with van der Waals surface area (Å²) in [5.41, 5.74) is 1.73. The molecule has 17 heteroatoms. The fourth-order valence-electron chi connectivity index (χ4n) is 5.92. The van der Waals surface area contributed by atoms with Crippen LogP contribution in [0.3, 0.4) is 0 Å². The SMILES string of the molecule is Cc1ccc(NC(=O)Nc2ccc(C)c(C(=O)Nc3cccc4cc(O)cc(S(=O)(=O)O)c34)c2)cc1C(=O)Nc1cccc2cc(O)cc(S(=O)(=O)O)c12. The zero-order valence-electron chi connectivity index (χ0n) is 28.2. The van der Waals surface area contributed by atoms with Crippen LogP contribution in [0.1, 0.15) is 31.8 Å². The highest BCUT2D eigenvalue weighted by molar-refractivity contribution is 7.86. The quantitative estimate of drug-likeness (QED) is 0.0760. The second kappa shape index (κ2) is 14.1. The molecular formula is C37H30N4O11S2. The number of hydrogen-bond donors (Lipinski definition) is 8. The summed E-state index contributed by atoms with van der Waals surface area (Å²) in [5.74, 6) is -2.15. The van der Waals surface area contributed by atoms with Crippen LogP contribution >= 0.6 is 0 Å². The number of fused-ring (bicyclic) bond motifs is 2. The summed E-state index contributed by atoms with van der Waals surface area (Å²) >= 11 is 0. The number of aryl methyl sites for hydroxylation is 2. The molecule has 0 atom stereocenters. The third kappa shape index (κ3) is 7.79. The molecule has 6 aromatic rings. The molecule has 6 rings (SSSR count). The lowest BCUT2D eigenvalue weighted by atomic mass is 10.1. The molecule has 0 unspecified atom stereocenters. The van der Waals surface area contributed by atoms with Crippen LogP contribution in [0.4, 0.5) is 27.5 Å². The van der Waals surface area contributed by atoms with Crippen molar-refractivity contribution in [3.8, 4) is 11.5 Å². The third-order valence-electron chi connectivity index (χ3n) is 8.38. The van der Waals surface area contributed by atoms with Gasteiger partial charge in [-0.05, 0) is 84.3 Å². The summed E-state index contributed by atoms with van der Waals surface area (Å²) in [5, 5.41) is 30.9. The number of rotatable bonds is 8. The molecule has 0 spiro atoms. The zero-order chi connectivity index (χ0) is 39.1. The first-order chi connectivity index (χ1) is 25.4. The van der Waals surface area contributed by atoms with Gasteiger partial charge >= 0.3 is 6.03 Å². The van der Waals surface area contributed by atoms with E-state index in [9.17, 15) is 50.5 Å². The van der Waals surface area contributed by atoms with Crippen LogP contribution in [0.5, 0.6) is 11.5 Å². The van der Waals surface area contributed by atoms with Crippen LogP contribution in [-0.4, -0.2) is 54.0 Å². The van der Waals surface area contributed by atoms with Crippen molar-refractivity contribution in [2.75, 3.05) is 21.3 Å². The first-order valence-electron chi connectivity index (χ1n) is 15.8. The number of hydrogen-bond acceptors (Lipinski definition) is 9. The Morgan fingerprint density at radius 3 is 1.28 bits per heavy atom. The molecule has 0 saturated carbocycles. The van der Waals surface area contributed by atoms with Crippen molar-refractivity contribution in [1.29, 1.82) is 0 Å². The number of benzene rings is 6. The van der Waals surface area contributed by atoms with E-state index in [-0.39, 0.29) is 55.4 Å². The fourth-order valence-corrected chi connectivity index (χ4v) is 7.43. The van der Waals surface area contributed by atoms with E-state index < -0.39 is 59.4 Å². The molecule has 0 saturated heterocycles. The van der Waals surface area contributed by atoms with Gasteiger partial charge in [0, 0.05) is 45.4 Å². The minimum absolute atomic E-state index is 0.0242. The standard InChI is InChI=1S/C37H30N4O11S2/c1-19-9-11-23(15-27(19)35(44)40-29-7-3-5-21-13-25(42)17-31(33(21)29)53(47,48)49)38-37(46)39-24-12-10-20(2)28(16-24)36(45)41-30-8-4-6-22-14-26(43)18-32(34(22)30)54(50,51)52/h3-18,42-43H,1-2H3,(H,40,44)(H,41,45)(H2,38,39,46)(H,47,48,49)(H,50,51,52). The van der Waals surface area contributed by atoms with Gasteiger partial charge in [-0.15, -0.1) is 0 Å². The zero-order valence-corrected chi connectivity index (χ0v) is 29.8. The maximum Gasteiger partial charge on any atom is 0.323 e. The summed E-state index contributed by atoms with van der Waals surface area (Å²) < 4.78 is 68.0. The molecule has 0 aliphatic heterocycles. The monoisotopic (exact) mass is 770 g/mol. The molecule has 8 N–H and O–H groups in total. The molecule has 54 heavy (non-hydrogen) atoms. The van der Waals surface area contributed by atoms with Gasteiger partial charge < -0.3 is 31.5 Å². The molecule has 0 fully saturated rings. The van der Waals surface area contributed by atoms with Gasteiger partial charge in [-0.2, -0.15) is 16.8 Å². The Morgan fingerprint density at radius 1 is 0.519 bits per heavy atom. The second-order valence-corrected chi connectivity index (χ2v) is 15.0. The van der Waals surface area contributed by atoms with Crippen molar-refractivity contribution in [1.82, 2.24) is 0 Å². The van der Waals surface area contributed by atoms with Gasteiger partial charge in [0.25, 0.3) is 32.1 Å². The lowest BCUT2D eigenvalue weighted by Crippen LogP contribution is -2.21. The maximum absolute atomic E-state index is 13.5. The molecule has 0 radical (unpaired) electrons. The van der Waals surface area contributed by atoms with Crippen LogP contribution in [0, 0.1) is 13.8 Å². The number of phenolic OH excluding ortho intramolecular Hbond substituents is 2. The lowest BCUT2D eigenvalue weighted by molar-refractivity contribution is 0.101. The number of aromatic hydroxyl groups is 2. The molecule has 0 aromatic heterocycles. The van der Waals surface area contributed by atoms with E-state index in [1.807, 2.05) is 0 Å². The van der Waals surface area contributed by atoms with Crippen molar-refractivity contribution in [3.63, 3.8) is 0 Å². The smallest absolute Gasteiger partial charge is 0.323 e. The third-order valence-corrected chi connectivity index (χ3v) is 10.1. The van der Waals surface area contributed by atoms with Crippen molar-refractivity contribution in [2.24, 2.45) is 0 Å². The van der Waals surface area contributed by atoms with Gasteiger partial charge in [-0.25, -0.2) is 4.79 Å². The molecular weight excluding hydrogens is 741 g/mol. The number of urea groups is 1. The number of amides is 4. The average Bonchev–Trinajstić information content (AvgIpc) is 3.08. The summed E-state index contributed by atoms with van der Waals surface area (Å²) in [6, 6.07) is 21.5. The summed E-state index contributed by atoms with van der Waals surface area (Å²) in [7, 11) is -9.59. The molecule has 6 aromatic carbocycles. The van der Waals surface area contributed by atoms with E-state index in [0.29, 0.717) is 11.1 Å². The molecule has 0 aliphatic rings. The number of nitrogens with one attached hydrogen (secondary N) is 4. The van der Waals surface area contributed by atoms with Crippen molar-refractivity contribution in [2.45, 2.75) is 23.6 Å². The number of phenols is 2. The number of carbonyl (C=O) groups excluding carboxylic acids is 3. The van der Waals surface area contributed by atoms with Crippen LogP contribution in [-0.2, 0) is 20.2 Å². The molecule has 4 amide bonds. The van der Waals surface area contributed by atoms with Gasteiger partial charge in [0.2, 0.25) is 0 Å². The largest absolute Gasteiger partial charge is 0.508 e. The van der Waals surface area contributed by atoms with Gasteiger partial charge in [-0.3, -0.25) is 18.7 Å². The van der Waals surface area contributed by atoms with Gasteiger partial charge in [0.05, 0.1) is 11.4 Å². The number of carbonyl (C=O) groups is 3. The van der Waals surface area contributed by atoms with Crippen molar-refractivity contribution < 1.29 is 50.5 Å². The normalized spacial score (nSPS) is 11.6. The van der Waals surface area contributed by atoms with Gasteiger partial charge in [-0.1, -0.05) is 36.4 Å². The molecule has 0 heterocycles. The Morgan fingerprint density at radius 2 is 0.907 bits per heavy atom. The van der Waals surface area contributed by atoms with Crippen LogP contribution in [0.15, 0.2) is 107 Å². The second-order valence-electron chi connectivity index (χ2n) is 12.2. The summed E-state index contributed by atoms with van der Waals surface area (Å²) in [4.78, 5) is 38.8. The topological polar surface area (TPSA) is 249 Å². The highest BCUT2D eigenvalue weighted by Crippen LogP contribution is 2.35. The van der Waals surface area contributed by atoms with Crippen LogP contribution < -0.4 is 21.3 Å². The van der Waals surface area contributed by atoms with E-state index in [4.69, 9.17) is 0 Å². The first-order valence-corrected chi connectivity index (χ1v) is 18.7. The predicted molar refractivity (Wildman–Crippen MR) is 202 cm³/mol. The molecule has 0 bridgehead atoms. The Hall–Kier alpha value is -6.53. The number of anilines is 4. The van der Waals surface area contributed by atoms with Gasteiger partial charge in [0.15, 0.2) is 0 Å². The first kappa shape index (κ1) is 37.2.